The van der Waals surface area contributed by atoms with Crippen molar-refractivity contribution in [1.29, 1.82) is 0 Å². The highest BCUT2D eigenvalue weighted by molar-refractivity contribution is 5.85. The molecule has 1 unspecified atom stereocenters. The van der Waals surface area contributed by atoms with Crippen LogP contribution in [-0.2, 0) is 4.79 Å². The highest BCUT2D eigenvalue weighted by Crippen LogP contribution is 2.28. The molecule has 2 aliphatic heterocycles. The quantitative estimate of drug-likeness (QED) is 0.905. The van der Waals surface area contributed by atoms with Crippen LogP contribution >= 0.6 is 12.4 Å². The Bertz CT molecular complexity index is 538. The third kappa shape index (κ3) is 4.22. The first-order valence-corrected chi connectivity index (χ1v) is 8.90. The summed E-state index contributed by atoms with van der Waals surface area (Å²) in [5.74, 6) is 2.46. The van der Waals surface area contributed by atoms with Crippen LogP contribution in [0.3, 0.4) is 0 Å². The minimum absolute atomic E-state index is 0. The standard InChI is InChI=1S/C19H28N2O2.ClH/c1-3-17(23-18-7-5-4-6-14(18)2)19(22)21-10-8-15-12-20-13-16(15)9-11-21;/h4-7,15-17,20H,3,8-13H2,1-2H3;1H/t15-,16+,17?;. The van der Waals surface area contributed by atoms with Crippen molar-refractivity contribution in [2.45, 2.75) is 39.2 Å². The predicted molar refractivity (Wildman–Crippen MR) is 98.8 cm³/mol. The molecule has 1 N–H and O–H groups in total. The first kappa shape index (κ1) is 19.1. The summed E-state index contributed by atoms with van der Waals surface area (Å²) in [4.78, 5) is 14.9. The van der Waals surface area contributed by atoms with Crippen LogP contribution in [0.4, 0.5) is 0 Å². The molecule has 2 heterocycles. The van der Waals surface area contributed by atoms with Gasteiger partial charge in [0.1, 0.15) is 5.75 Å². The Labute approximate surface area is 151 Å². The van der Waals surface area contributed by atoms with Gasteiger partial charge >= 0.3 is 0 Å². The molecule has 4 nitrogen and oxygen atoms in total. The number of para-hydroxylation sites is 1. The molecule has 0 aromatic heterocycles. The van der Waals surface area contributed by atoms with Gasteiger partial charge in [-0.15, -0.1) is 12.4 Å². The number of nitrogens with zero attached hydrogens (tertiary/aromatic N) is 1. The molecule has 0 bridgehead atoms. The number of nitrogens with one attached hydrogen (secondary N) is 1. The lowest BCUT2D eigenvalue weighted by atomic mass is 9.92. The van der Waals surface area contributed by atoms with E-state index in [1.165, 1.54) is 0 Å². The molecule has 2 fully saturated rings. The van der Waals surface area contributed by atoms with Crippen LogP contribution in [0.15, 0.2) is 24.3 Å². The third-order valence-electron chi connectivity index (χ3n) is 5.34. The Hall–Kier alpha value is -1.26. The summed E-state index contributed by atoms with van der Waals surface area (Å²) in [6.07, 6.45) is 2.57. The number of aryl methyl sites for hydroxylation is 1. The monoisotopic (exact) mass is 352 g/mol. The van der Waals surface area contributed by atoms with Gasteiger partial charge in [0.2, 0.25) is 0 Å². The van der Waals surface area contributed by atoms with Crippen molar-refractivity contribution in [2.24, 2.45) is 11.8 Å². The van der Waals surface area contributed by atoms with Crippen LogP contribution in [0.5, 0.6) is 5.75 Å². The summed E-state index contributed by atoms with van der Waals surface area (Å²) in [6.45, 7) is 8.02. The van der Waals surface area contributed by atoms with Crippen LogP contribution < -0.4 is 10.1 Å². The molecule has 134 valence electrons. The number of ether oxygens (including phenoxy) is 1. The summed E-state index contributed by atoms with van der Waals surface area (Å²) >= 11 is 0. The molecule has 0 radical (unpaired) electrons. The average Bonchev–Trinajstić information content (AvgIpc) is 2.92. The fourth-order valence-corrected chi connectivity index (χ4v) is 3.79. The van der Waals surface area contributed by atoms with E-state index in [0.29, 0.717) is 6.42 Å². The number of benzene rings is 1. The third-order valence-corrected chi connectivity index (χ3v) is 5.34. The number of halogens is 1. The molecule has 1 aromatic rings. The zero-order valence-electron chi connectivity index (χ0n) is 14.7. The molecular formula is C19H29ClN2O2. The van der Waals surface area contributed by atoms with Crippen LogP contribution in [-0.4, -0.2) is 43.1 Å². The Balaban J connectivity index is 0.00000208. The van der Waals surface area contributed by atoms with Gasteiger partial charge in [-0.3, -0.25) is 4.79 Å². The molecule has 3 rings (SSSR count). The van der Waals surface area contributed by atoms with Crippen LogP contribution in [0.25, 0.3) is 0 Å². The largest absolute Gasteiger partial charge is 0.480 e. The van der Waals surface area contributed by atoms with Gasteiger partial charge < -0.3 is 15.0 Å². The zero-order valence-corrected chi connectivity index (χ0v) is 15.5. The minimum atomic E-state index is -0.368. The number of rotatable bonds is 4. The van der Waals surface area contributed by atoms with Gasteiger partial charge in [-0.1, -0.05) is 25.1 Å². The second kappa shape index (κ2) is 8.72. The lowest BCUT2D eigenvalue weighted by Crippen LogP contribution is -2.42. The number of hydrogen-bond donors (Lipinski definition) is 1. The normalized spacial score (nSPS) is 24.5. The van der Waals surface area contributed by atoms with E-state index in [-0.39, 0.29) is 24.4 Å². The van der Waals surface area contributed by atoms with Crippen LogP contribution in [0, 0.1) is 18.8 Å². The minimum Gasteiger partial charge on any atom is -0.480 e. The van der Waals surface area contributed by atoms with E-state index >= 15 is 0 Å². The molecular weight excluding hydrogens is 324 g/mol. The fourth-order valence-electron chi connectivity index (χ4n) is 3.79. The Morgan fingerprint density at radius 3 is 2.46 bits per heavy atom. The lowest BCUT2D eigenvalue weighted by molar-refractivity contribution is -0.138. The van der Waals surface area contributed by atoms with Crippen molar-refractivity contribution in [3.8, 4) is 5.75 Å². The van der Waals surface area contributed by atoms with Crippen molar-refractivity contribution in [3.63, 3.8) is 0 Å². The van der Waals surface area contributed by atoms with Crippen molar-refractivity contribution >= 4 is 18.3 Å². The highest BCUT2D eigenvalue weighted by atomic mass is 35.5. The molecule has 2 saturated heterocycles. The Morgan fingerprint density at radius 2 is 1.88 bits per heavy atom. The summed E-state index contributed by atoms with van der Waals surface area (Å²) in [5, 5.41) is 3.48. The van der Waals surface area contributed by atoms with Crippen molar-refractivity contribution in [3.05, 3.63) is 29.8 Å². The SMILES string of the molecule is CCC(Oc1ccccc1C)C(=O)N1CC[C@@H]2CNC[C@@H]2CC1.Cl. The number of likely N-dealkylation sites (tertiary alicyclic amines) is 1. The molecule has 0 saturated carbocycles. The van der Waals surface area contributed by atoms with E-state index in [9.17, 15) is 4.79 Å². The van der Waals surface area contributed by atoms with E-state index in [0.717, 1.165) is 62.2 Å². The number of fused-ring (bicyclic) bond motifs is 1. The average molecular weight is 353 g/mol. The molecule has 0 spiro atoms. The number of hydrogen-bond acceptors (Lipinski definition) is 3. The van der Waals surface area contributed by atoms with E-state index in [1.807, 2.05) is 43.0 Å². The highest BCUT2D eigenvalue weighted by Gasteiger charge is 2.33. The molecule has 24 heavy (non-hydrogen) atoms. The number of carbonyl (C=O) groups excluding carboxylic acids is 1. The smallest absolute Gasteiger partial charge is 0.263 e. The molecule has 2 aliphatic rings. The van der Waals surface area contributed by atoms with Gasteiger partial charge in [0, 0.05) is 13.1 Å². The van der Waals surface area contributed by atoms with Gasteiger partial charge in [0.05, 0.1) is 0 Å². The maximum atomic E-state index is 12.9. The van der Waals surface area contributed by atoms with E-state index < -0.39 is 0 Å². The summed E-state index contributed by atoms with van der Waals surface area (Å²) in [6, 6.07) is 7.92. The van der Waals surface area contributed by atoms with Crippen LogP contribution in [0.1, 0.15) is 31.7 Å². The van der Waals surface area contributed by atoms with Gasteiger partial charge in [-0.05, 0) is 62.7 Å². The van der Waals surface area contributed by atoms with E-state index in [2.05, 4.69) is 5.32 Å². The van der Waals surface area contributed by atoms with E-state index in [1.54, 1.807) is 0 Å². The maximum Gasteiger partial charge on any atom is 0.263 e. The summed E-state index contributed by atoms with van der Waals surface area (Å²) < 4.78 is 6.04. The Morgan fingerprint density at radius 1 is 1.25 bits per heavy atom. The van der Waals surface area contributed by atoms with Crippen molar-refractivity contribution in [2.75, 3.05) is 26.2 Å². The number of amides is 1. The Kier molecular flexibility index (Phi) is 6.93. The van der Waals surface area contributed by atoms with E-state index in [4.69, 9.17) is 4.74 Å². The topological polar surface area (TPSA) is 41.6 Å². The second-order valence-corrected chi connectivity index (χ2v) is 6.86. The fraction of sp³-hybridized carbons (Fsp3) is 0.632. The second-order valence-electron chi connectivity index (χ2n) is 6.86. The zero-order chi connectivity index (χ0) is 16.2. The van der Waals surface area contributed by atoms with Gasteiger partial charge in [-0.25, -0.2) is 0 Å². The molecule has 1 aromatic carbocycles. The lowest BCUT2D eigenvalue weighted by Gasteiger charge is -2.26. The van der Waals surface area contributed by atoms with Gasteiger partial charge in [0.15, 0.2) is 6.10 Å². The van der Waals surface area contributed by atoms with Gasteiger partial charge in [-0.2, -0.15) is 0 Å². The molecule has 1 amide bonds. The maximum absolute atomic E-state index is 12.9. The summed E-state index contributed by atoms with van der Waals surface area (Å²) in [5.41, 5.74) is 1.08. The molecule has 0 aliphatic carbocycles. The first-order chi connectivity index (χ1) is 11.2. The van der Waals surface area contributed by atoms with Gasteiger partial charge in [0.25, 0.3) is 5.91 Å². The molecule has 5 heteroatoms. The summed E-state index contributed by atoms with van der Waals surface area (Å²) in [7, 11) is 0. The predicted octanol–water partition coefficient (Wildman–Crippen LogP) is 3.03. The van der Waals surface area contributed by atoms with Crippen molar-refractivity contribution in [1.82, 2.24) is 10.2 Å². The van der Waals surface area contributed by atoms with Crippen LogP contribution in [0.2, 0.25) is 0 Å². The molecule has 3 atom stereocenters. The van der Waals surface area contributed by atoms with Crippen molar-refractivity contribution < 1.29 is 9.53 Å². The number of carbonyl (C=O) groups is 1. The first-order valence-electron chi connectivity index (χ1n) is 8.90.